The molecule has 0 aliphatic carbocycles. The molecule has 9 heteroatoms. The molecular weight excluding hydrogens is 361 g/mol. The molecule has 0 spiro atoms. The van der Waals surface area contributed by atoms with Crippen molar-refractivity contribution in [1.82, 2.24) is 5.48 Å². The minimum Gasteiger partial charge on any atom is -0.444 e. The number of hydrogen-bond donors (Lipinski definition) is 2. The van der Waals surface area contributed by atoms with Gasteiger partial charge < -0.3 is 4.74 Å². The fraction of sp³-hybridized carbons (Fsp3) is 0.438. The summed E-state index contributed by atoms with van der Waals surface area (Å²) >= 11 is 5.61. The Balaban J connectivity index is 2.31. The number of hydrogen-bond acceptors (Lipinski definition) is 4. The minimum absolute atomic E-state index is 0.171. The van der Waals surface area contributed by atoms with Gasteiger partial charge >= 0.3 is 12.3 Å². The van der Waals surface area contributed by atoms with Crippen molar-refractivity contribution in [2.75, 3.05) is 5.32 Å². The van der Waals surface area contributed by atoms with Gasteiger partial charge in [0, 0.05) is 17.3 Å². The summed E-state index contributed by atoms with van der Waals surface area (Å²) in [6, 6.07) is 3.83. The van der Waals surface area contributed by atoms with Crippen LogP contribution in [0, 0.1) is 6.92 Å². The molecule has 1 heterocycles. The highest BCUT2D eigenvalue weighted by Gasteiger charge is 2.59. The number of anilines is 1. The van der Waals surface area contributed by atoms with Gasteiger partial charge in [-0.05, 0) is 39.3 Å². The smallest absolute Gasteiger partial charge is 0.428 e. The number of nitrogens with one attached hydrogen (secondary N) is 2. The lowest BCUT2D eigenvalue weighted by Gasteiger charge is -2.29. The molecule has 5 nitrogen and oxygen atoms in total. The van der Waals surface area contributed by atoms with Crippen molar-refractivity contribution in [3.63, 3.8) is 0 Å². The zero-order chi connectivity index (χ0) is 19.0. The highest BCUT2D eigenvalue weighted by atomic mass is 35.5. The predicted molar refractivity (Wildman–Crippen MR) is 86.9 cm³/mol. The number of aryl methyl sites for hydroxylation is 1. The second-order valence-corrected chi connectivity index (χ2v) is 6.99. The van der Waals surface area contributed by atoms with E-state index in [1.165, 1.54) is 18.2 Å². The Hall–Kier alpha value is -1.93. The molecule has 2 rings (SSSR count). The van der Waals surface area contributed by atoms with E-state index in [0.717, 1.165) is 6.08 Å². The zero-order valence-corrected chi connectivity index (χ0v) is 14.8. The van der Waals surface area contributed by atoms with Crippen molar-refractivity contribution in [3.05, 3.63) is 40.6 Å². The Bertz CT molecular complexity index is 714. The van der Waals surface area contributed by atoms with Gasteiger partial charge in [-0.25, -0.2) is 9.63 Å². The average molecular weight is 379 g/mol. The van der Waals surface area contributed by atoms with Crippen LogP contribution in [0.3, 0.4) is 0 Å². The van der Waals surface area contributed by atoms with E-state index >= 15 is 0 Å². The van der Waals surface area contributed by atoms with Crippen molar-refractivity contribution in [3.8, 4) is 0 Å². The average Bonchev–Trinajstić information content (AvgIpc) is 2.82. The lowest BCUT2D eigenvalue weighted by Crippen LogP contribution is -2.42. The second kappa shape index (κ2) is 6.42. The Kier molecular flexibility index (Phi) is 4.98. The summed E-state index contributed by atoms with van der Waals surface area (Å²) in [5.41, 5.74) is -0.794. The lowest BCUT2D eigenvalue weighted by atomic mass is 9.91. The van der Waals surface area contributed by atoms with Crippen molar-refractivity contribution in [2.24, 2.45) is 0 Å². The Morgan fingerprint density at radius 1 is 1.32 bits per heavy atom. The van der Waals surface area contributed by atoms with Gasteiger partial charge in [0.15, 0.2) is 0 Å². The largest absolute Gasteiger partial charge is 0.444 e. The third-order valence-corrected chi connectivity index (χ3v) is 3.54. The third kappa shape index (κ3) is 4.19. The van der Waals surface area contributed by atoms with E-state index in [1.54, 1.807) is 27.7 Å². The van der Waals surface area contributed by atoms with Gasteiger partial charge in [0.05, 0.1) is 0 Å². The van der Waals surface area contributed by atoms with Crippen LogP contribution in [-0.4, -0.2) is 17.9 Å². The first kappa shape index (κ1) is 19.4. The molecule has 0 radical (unpaired) electrons. The molecule has 0 saturated heterocycles. The molecule has 138 valence electrons. The van der Waals surface area contributed by atoms with E-state index in [-0.39, 0.29) is 10.7 Å². The number of ether oxygens (including phenoxy) is 1. The summed E-state index contributed by atoms with van der Waals surface area (Å²) in [5, 5.41) is 2.25. The minimum atomic E-state index is -4.73. The fourth-order valence-corrected chi connectivity index (χ4v) is 2.45. The van der Waals surface area contributed by atoms with E-state index in [2.05, 4.69) is 5.32 Å². The molecule has 1 amide bonds. The van der Waals surface area contributed by atoms with Crippen LogP contribution in [0.4, 0.5) is 23.7 Å². The number of rotatable bonds is 2. The normalized spacial score (nSPS) is 20.7. The number of carbonyl (C=O) groups excluding carboxylic acids is 1. The molecular formula is C16H18ClF3N2O3. The summed E-state index contributed by atoms with van der Waals surface area (Å²) in [6.07, 6.45) is -4.68. The van der Waals surface area contributed by atoms with E-state index in [4.69, 9.17) is 21.2 Å². The predicted octanol–water partition coefficient (Wildman–Crippen LogP) is 4.71. The van der Waals surface area contributed by atoms with Gasteiger partial charge in [0.2, 0.25) is 5.60 Å². The first-order valence-electron chi connectivity index (χ1n) is 7.34. The van der Waals surface area contributed by atoms with Gasteiger partial charge in [0.25, 0.3) is 0 Å². The Labute approximate surface area is 148 Å². The monoisotopic (exact) mass is 378 g/mol. The molecule has 0 saturated carbocycles. The number of benzene rings is 1. The van der Waals surface area contributed by atoms with E-state index < -0.39 is 23.5 Å². The summed E-state index contributed by atoms with van der Waals surface area (Å²) < 4.78 is 45.8. The quantitative estimate of drug-likeness (QED) is 0.731. The van der Waals surface area contributed by atoms with Crippen LogP contribution in [0.5, 0.6) is 0 Å². The van der Waals surface area contributed by atoms with Crippen LogP contribution in [-0.2, 0) is 15.2 Å². The first-order valence-corrected chi connectivity index (χ1v) is 7.72. The van der Waals surface area contributed by atoms with Gasteiger partial charge in [0.1, 0.15) is 10.8 Å². The molecule has 1 aliphatic heterocycles. The fourth-order valence-electron chi connectivity index (χ4n) is 2.26. The summed E-state index contributed by atoms with van der Waals surface area (Å²) in [4.78, 5) is 16.5. The number of carbonyl (C=O) groups is 1. The Morgan fingerprint density at radius 3 is 2.40 bits per heavy atom. The van der Waals surface area contributed by atoms with Gasteiger partial charge in [-0.2, -0.15) is 13.2 Å². The number of halogens is 4. The third-order valence-electron chi connectivity index (χ3n) is 3.35. The van der Waals surface area contributed by atoms with Crippen LogP contribution in [0.15, 0.2) is 29.4 Å². The maximum atomic E-state index is 13.5. The summed E-state index contributed by atoms with van der Waals surface area (Å²) in [7, 11) is 0. The van der Waals surface area contributed by atoms with Crippen LogP contribution >= 0.6 is 11.6 Å². The van der Waals surface area contributed by atoms with E-state index in [0.29, 0.717) is 11.3 Å². The molecule has 1 atom stereocenters. The van der Waals surface area contributed by atoms with Crippen LogP contribution in [0.25, 0.3) is 0 Å². The van der Waals surface area contributed by atoms with Crippen molar-refractivity contribution in [1.29, 1.82) is 0 Å². The maximum absolute atomic E-state index is 13.5. The van der Waals surface area contributed by atoms with Gasteiger partial charge in [-0.3, -0.25) is 10.8 Å². The van der Waals surface area contributed by atoms with Crippen molar-refractivity contribution >= 4 is 23.4 Å². The lowest BCUT2D eigenvalue weighted by molar-refractivity contribution is -0.270. The van der Waals surface area contributed by atoms with Crippen LogP contribution in [0.2, 0.25) is 0 Å². The van der Waals surface area contributed by atoms with Crippen molar-refractivity contribution in [2.45, 2.75) is 45.1 Å². The SMILES string of the molecule is Cc1cc(C2(C(F)(F)F)C=C(Cl)NO2)ccc1NC(=O)OC(C)(C)C. The van der Waals surface area contributed by atoms with Crippen LogP contribution in [0.1, 0.15) is 31.9 Å². The highest BCUT2D eigenvalue weighted by Crippen LogP contribution is 2.46. The highest BCUT2D eigenvalue weighted by molar-refractivity contribution is 6.29. The maximum Gasteiger partial charge on any atom is 0.428 e. The van der Waals surface area contributed by atoms with E-state index in [1.807, 2.05) is 5.48 Å². The molecule has 1 aromatic carbocycles. The first-order chi connectivity index (χ1) is 11.3. The molecule has 25 heavy (non-hydrogen) atoms. The molecule has 1 aliphatic rings. The molecule has 0 fully saturated rings. The topological polar surface area (TPSA) is 59.6 Å². The van der Waals surface area contributed by atoms with E-state index in [9.17, 15) is 18.0 Å². The van der Waals surface area contributed by atoms with Gasteiger partial charge in [-0.15, -0.1) is 0 Å². The Morgan fingerprint density at radius 2 is 1.96 bits per heavy atom. The number of hydroxylamine groups is 1. The zero-order valence-electron chi connectivity index (χ0n) is 14.0. The number of alkyl halides is 3. The molecule has 0 bridgehead atoms. The van der Waals surface area contributed by atoms with Gasteiger partial charge in [-0.1, -0.05) is 23.7 Å². The summed E-state index contributed by atoms with van der Waals surface area (Å²) in [6.45, 7) is 6.68. The molecule has 1 unspecified atom stereocenters. The standard InChI is InChI=1S/C16H18ClF3N2O3/c1-9-7-10(15(16(18,19)20)8-12(17)22-25-15)5-6-11(9)21-13(23)24-14(2,3)4/h5-8,22H,1-4H3,(H,21,23). The molecule has 1 aromatic rings. The molecule has 0 aromatic heterocycles. The second-order valence-electron chi connectivity index (χ2n) is 6.59. The molecule has 2 N–H and O–H groups in total. The van der Waals surface area contributed by atoms with Crippen molar-refractivity contribution < 1.29 is 27.5 Å². The number of amides is 1. The summed E-state index contributed by atoms with van der Waals surface area (Å²) in [5.74, 6) is 0. The van der Waals surface area contributed by atoms with Crippen LogP contribution < -0.4 is 10.8 Å².